The van der Waals surface area contributed by atoms with E-state index in [1.807, 2.05) is 0 Å². The van der Waals surface area contributed by atoms with E-state index in [9.17, 15) is 23.6 Å². The highest BCUT2D eigenvalue weighted by Crippen LogP contribution is 2.33. The highest BCUT2D eigenvalue weighted by molar-refractivity contribution is 6.23. The monoisotopic (exact) mass is 346 g/mol. The van der Waals surface area contributed by atoms with E-state index in [-0.39, 0.29) is 35.7 Å². The summed E-state index contributed by atoms with van der Waals surface area (Å²) >= 11 is 0. The Kier molecular flexibility index (Phi) is 3.36. The summed E-state index contributed by atoms with van der Waals surface area (Å²) in [6, 6.07) is 1.25. The summed E-state index contributed by atoms with van der Waals surface area (Å²) in [5.41, 5.74) is 5.91. The number of piperidine rings is 1. The molecule has 0 bridgehead atoms. The summed E-state index contributed by atoms with van der Waals surface area (Å²) in [5.74, 6) is -3.13. The van der Waals surface area contributed by atoms with Crippen molar-refractivity contribution in [3.8, 4) is 0 Å². The maximum atomic E-state index is 14.4. The SMILES string of the molecule is NC1CN(c2cc3c(cc2F)C(=O)N(C2CCC(=O)NC2=O)C3=O)C1. The molecular weight excluding hydrogens is 331 g/mol. The third-order valence-electron chi connectivity index (χ3n) is 4.76. The van der Waals surface area contributed by atoms with Gasteiger partial charge in [0.05, 0.1) is 16.8 Å². The average molecular weight is 346 g/mol. The van der Waals surface area contributed by atoms with Gasteiger partial charge >= 0.3 is 0 Å². The number of imide groups is 2. The standard InChI is InChI=1S/C16H15FN4O4/c17-10-3-8-9(4-12(10)20-5-7(18)6-20)16(25)21(15(8)24)11-1-2-13(22)19-14(11)23/h3-4,7,11H,1-2,5-6,18H2,(H,19,22,23). The number of halogens is 1. The molecule has 0 aliphatic carbocycles. The number of nitrogens with one attached hydrogen (secondary N) is 1. The Morgan fingerprint density at radius 2 is 1.72 bits per heavy atom. The van der Waals surface area contributed by atoms with E-state index in [1.54, 1.807) is 4.90 Å². The van der Waals surface area contributed by atoms with Gasteiger partial charge in [0.2, 0.25) is 11.8 Å². The van der Waals surface area contributed by atoms with Crippen LogP contribution in [0.15, 0.2) is 12.1 Å². The minimum Gasteiger partial charge on any atom is -0.366 e. The van der Waals surface area contributed by atoms with E-state index in [0.717, 1.165) is 11.0 Å². The maximum Gasteiger partial charge on any atom is 0.262 e. The number of carbonyl (C=O) groups excluding carboxylic acids is 4. The first-order valence-corrected chi connectivity index (χ1v) is 7.92. The smallest absolute Gasteiger partial charge is 0.262 e. The van der Waals surface area contributed by atoms with Gasteiger partial charge in [0.25, 0.3) is 11.8 Å². The van der Waals surface area contributed by atoms with Gasteiger partial charge in [0.15, 0.2) is 0 Å². The quantitative estimate of drug-likeness (QED) is 0.690. The largest absolute Gasteiger partial charge is 0.366 e. The Morgan fingerprint density at radius 1 is 1.08 bits per heavy atom. The number of nitrogens with two attached hydrogens (primary N) is 1. The topological polar surface area (TPSA) is 113 Å². The third-order valence-corrected chi connectivity index (χ3v) is 4.76. The summed E-state index contributed by atoms with van der Waals surface area (Å²) < 4.78 is 14.4. The molecule has 9 heteroatoms. The molecular formula is C16H15FN4O4. The third kappa shape index (κ3) is 2.30. The molecule has 3 N–H and O–H groups in total. The van der Waals surface area contributed by atoms with Crippen LogP contribution >= 0.6 is 0 Å². The minimum absolute atomic E-state index is 0.0368. The van der Waals surface area contributed by atoms with Crippen LogP contribution in [0.2, 0.25) is 0 Å². The number of fused-ring (bicyclic) bond motifs is 1. The van der Waals surface area contributed by atoms with Crippen molar-refractivity contribution in [2.75, 3.05) is 18.0 Å². The molecule has 130 valence electrons. The highest BCUT2D eigenvalue weighted by atomic mass is 19.1. The first-order chi connectivity index (χ1) is 11.9. The molecule has 0 spiro atoms. The van der Waals surface area contributed by atoms with Crippen LogP contribution in [0.25, 0.3) is 0 Å². The Labute approximate surface area is 141 Å². The summed E-state index contributed by atoms with van der Waals surface area (Å²) in [6.07, 6.45) is 0.0988. The van der Waals surface area contributed by atoms with Crippen molar-refractivity contribution in [3.05, 3.63) is 29.1 Å². The predicted octanol–water partition coefficient (Wildman–Crippen LogP) is -0.626. The van der Waals surface area contributed by atoms with E-state index in [4.69, 9.17) is 5.73 Å². The second-order valence-electron chi connectivity index (χ2n) is 6.46. The zero-order valence-electron chi connectivity index (χ0n) is 13.1. The fraction of sp³-hybridized carbons (Fsp3) is 0.375. The lowest BCUT2D eigenvalue weighted by Crippen LogP contribution is -2.56. The van der Waals surface area contributed by atoms with Gasteiger partial charge in [0.1, 0.15) is 11.9 Å². The van der Waals surface area contributed by atoms with Gasteiger partial charge in [-0.2, -0.15) is 0 Å². The molecule has 3 aliphatic rings. The van der Waals surface area contributed by atoms with Gasteiger partial charge in [-0.05, 0) is 18.6 Å². The molecule has 8 nitrogen and oxygen atoms in total. The van der Waals surface area contributed by atoms with Crippen molar-refractivity contribution < 1.29 is 23.6 Å². The van der Waals surface area contributed by atoms with Crippen LogP contribution in [0.3, 0.4) is 0 Å². The normalized spacial score (nSPS) is 23.7. The molecule has 3 heterocycles. The van der Waals surface area contributed by atoms with Crippen LogP contribution in [0.1, 0.15) is 33.6 Å². The molecule has 3 aliphatic heterocycles. The fourth-order valence-corrected chi connectivity index (χ4v) is 3.43. The number of hydrogen-bond acceptors (Lipinski definition) is 6. The zero-order valence-corrected chi connectivity index (χ0v) is 13.1. The maximum absolute atomic E-state index is 14.4. The predicted molar refractivity (Wildman–Crippen MR) is 83.3 cm³/mol. The molecule has 0 aromatic heterocycles. The van der Waals surface area contributed by atoms with E-state index < -0.39 is 35.5 Å². The van der Waals surface area contributed by atoms with Gasteiger partial charge in [-0.25, -0.2) is 4.39 Å². The van der Waals surface area contributed by atoms with Crippen LogP contribution in [0.5, 0.6) is 0 Å². The molecule has 25 heavy (non-hydrogen) atoms. The van der Waals surface area contributed by atoms with Gasteiger partial charge in [-0.3, -0.25) is 29.4 Å². The molecule has 1 atom stereocenters. The fourth-order valence-electron chi connectivity index (χ4n) is 3.43. The van der Waals surface area contributed by atoms with Crippen molar-refractivity contribution in [2.45, 2.75) is 24.9 Å². The van der Waals surface area contributed by atoms with Crippen LogP contribution < -0.4 is 16.0 Å². The second kappa shape index (κ2) is 5.35. The Hall–Kier alpha value is -2.81. The number of hydrogen-bond donors (Lipinski definition) is 2. The number of anilines is 1. The number of amides is 4. The molecule has 1 aromatic rings. The molecule has 2 fully saturated rings. The summed E-state index contributed by atoms with van der Waals surface area (Å²) in [6.45, 7) is 0.934. The van der Waals surface area contributed by atoms with Gasteiger partial charge in [0, 0.05) is 25.6 Å². The van der Waals surface area contributed by atoms with Crippen molar-refractivity contribution >= 4 is 29.3 Å². The highest BCUT2D eigenvalue weighted by Gasteiger charge is 2.45. The molecule has 1 aromatic carbocycles. The molecule has 2 saturated heterocycles. The number of rotatable bonds is 2. The zero-order chi connectivity index (χ0) is 17.9. The lowest BCUT2D eigenvalue weighted by atomic mass is 10.0. The van der Waals surface area contributed by atoms with Crippen LogP contribution in [-0.4, -0.2) is 53.7 Å². The lowest BCUT2D eigenvalue weighted by molar-refractivity contribution is -0.136. The molecule has 0 saturated carbocycles. The summed E-state index contributed by atoms with van der Waals surface area (Å²) in [4.78, 5) is 51.0. The summed E-state index contributed by atoms with van der Waals surface area (Å²) in [5, 5.41) is 2.12. The lowest BCUT2D eigenvalue weighted by Gasteiger charge is -2.39. The minimum atomic E-state index is -1.06. The Morgan fingerprint density at radius 3 is 2.32 bits per heavy atom. The average Bonchev–Trinajstić information content (AvgIpc) is 2.75. The molecule has 4 rings (SSSR count). The first kappa shape index (κ1) is 15.7. The van der Waals surface area contributed by atoms with Gasteiger partial charge < -0.3 is 10.6 Å². The van der Waals surface area contributed by atoms with Crippen molar-refractivity contribution in [3.63, 3.8) is 0 Å². The van der Waals surface area contributed by atoms with Crippen molar-refractivity contribution in [1.82, 2.24) is 10.2 Å². The van der Waals surface area contributed by atoms with Crippen LogP contribution in [0, 0.1) is 5.82 Å². The van der Waals surface area contributed by atoms with Crippen LogP contribution in [-0.2, 0) is 9.59 Å². The number of benzene rings is 1. The van der Waals surface area contributed by atoms with Crippen molar-refractivity contribution in [2.24, 2.45) is 5.73 Å². The van der Waals surface area contributed by atoms with E-state index >= 15 is 0 Å². The molecule has 1 unspecified atom stereocenters. The Bertz CT molecular complexity index is 834. The summed E-state index contributed by atoms with van der Waals surface area (Å²) in [7, 11) is 0. The van der Waals surface area contributed by atoms with E-state index in [0.29, 0.717) is 13.1 Å². The van der Waals surface area contributed by atoms with E-state index in [2.05, 4.69) is 5.32 Å². The van der Waals surface area contributed by atoms with E-state index in [1.165, 1.54) is 6.07 Å². The molecule has 4 amide bonds. The Balaban J connectivity index is 1.68. The number of carbonyl (C=O) groups is 4. The van der Waals surface area contributed by atoms with Gasteiger partial charge in [-0.15, -0.1) is 0 Å². The molecule has 0 radical (unpaired) electrons. The second-order valence-corrected chi connectivity index (χ2v) is 6.46. The first-order valence-electron chi connectivity index (χ1n) is 7.92. The van der Waals surface area contributed by atoms with Crippen molar-refractivity contribution in [1.29, 1.82) is 0 Å². The van der Waals surface area contributed by atoms with Gasteiger partial charge in [-0.1, -0.05) is 0 Å². The number of nitrogens with zero attached hydrogens (tertiary/aromatic N) is 2. The van der Waals surface area contributed by atoms with Crippen LogP contribution in [0.4, 0.5) is 10.1 Å².